The molecule has 0 aliphatic heterocycles. The van der Waals surface area contributed by atoms with Gasteiger partial charge in [0.1, 0.15) is 22.9 Å². The molecule has 0 radical (unpaired) electrons. The van der Waals surface area contributed by atoms with Crippen molar-refractivity contribution in [3.8, 4) is 11.5 Å². The molecule has 0 bridgehead atoms. The van der Waals surface area contributed by atoms with Crippen molar-refractivity contribution < 1.29 is 19.0 Å². The molecule has 2 rings (SSSR count). The number of anilines is 1. The number of ether oxygens (including phenoxy) is 1. The van der Waals surface area contributed by atoms with Crippen molar-refractivity contribution in [3.63, 3.8) is 0 Å². The summed E-state index contributed by atoms with van der Waals surface area (Å²) < 4.78 is 18.6. The minimum Gasteiger partial charge on any atom is -0.478 e. The molecule has 0 atom stereocenters. The third-order valence-corrected chi connectivity index (χ3v) is 2.59. The van der Waals surface area contributed by atoms with Crippen molar-refractivity contribution in [2.24, 2.45) is 0 Å². The Bertz CT molecular complexity index is 641. The summed E-state index contributed by atoms with van der Waals surface area (Å²) in [4.78, 5) is 11.1. The van der Waals surface area contributed by atoms with Gasteiger partial charge in [0.2, 0.25) is 0 Å². The van der Waals surface area contributed by atoms with Gasteiger partial charge in [-0.2, -0.15) is 0 Å². The van der Waals surface area contributed by atoms with E-state index >= 15 is 0 Å². The van der Waals surface area contributed by atoms with Crippen molar-refractivity contribution in [1.82, 2.24) is 0 Å². The molecule has 4 nitrogen and oxygen atoms in total. The molecule has 2 aromatic rings. The molecule has 98 valence electrons. The number of aromatic carboxylic acids is 1. The summed E-state index contributed by atoms with van der Waals surface area (Å²) >= 11 is 0. The highest BCUT2D eigenvalue weighted by Crippen LogP contribution is 2.28. The van der Waals surface area contributed by atoms with Crippen molar-refractivity contribution in [2.75, 3.05) is 5.73 Å². The van der Waals surface area contributed by atoms with Crippen LogP contribution in [-0.2, 0) is 0 Å². The number of halogens is 1. The van der Waals surface area contributed by atoms with Gasteiger partial charge in [0.25, 0.3) is 0 Å². The number of rotatable bonds is 3. The molecule has 0 spiro atoms. The molecule has 0 heterocycles. The number of hydrogen-bond acceptors (Lipinski definition) is 3. The van der Waals surface area contributed by atoms with Crippen LogP contribution in [0.2, 0.25) is 0 Å². The Labute approximate surface area is 109 Å². The summed E-state index contributed by atoms with van der Waals surface area (Å²) in [6.45, 7) is 1.60. The molecule has 0 aliphatic carbocycles. The van der Waals surface area contributed by atoms with Crippen LogP contribution >= 0.6 is 0 Å². The average Bonchev–Trinajstić information content (AvgIpc) is 2.36. The van der Waals surface area contributed by atoms with Crippen LogP contribution in [0.5, 0.6) is 11.5 Å². The minimum absolute atomic E-state index is 0.0398. The third-order valence-electron chi connectivity index (χ3n) is 2.59. The third kappa shape index (κ3) is 2.82. The monoisotopic (exact) mass is 261 g/mol. The summed E-state index contributed by atoms with van der Waals surface area (Å²) in [5.74, 6) is -0.955. The standard InChI is InChI=1S/C14H12FNO3/c1-8-6-10(3-4-12(8)15)19-13-5-2-9(16)7-11(13)14(17)18/h2-7H,16H2,1H3,(H,17,18). The maximum atomic E-state index is 13.1. The number of carbonyl (C=O) groups is 1. The minimum atomic E-state index is -1.14. The highest BCUT2D eigenvalue weighted by Gasteiger charge is 2.13. The number of benzene rings is 2. The average molecular weight is 261 g/mol. The van der Waals surface area contributed by atoms with Gasteiger partial charge in [-0.15, -0.1) is 0 Å². The van der Waals surface area contributed by atoms with Crippen molar-refractivity contribution in [1.29, 1.82) is 0 Å². The van der Waals surface area contributed by atoms with E-state index in [9.17, 15) is 9.18 Å². The summed E-state index contributed by atoms with van der Waals surface area (Å²) in [6.07, 6.45) is 0. The number of carboxylic acid groups (broad SMARTS) is 1. The maximum Gasteiger partial charge on any atom is 0.339 e. The summed E-state index contributed by atoms with van der Waals surface area (Å²) in [7, 11) is 0. The highest BCUT2D eigenvalue weighted by molar-refractivity contribution is 5.92. The largest absolute Gasteiger partial charge is 0.478 e. The van der Waals surface area contributed by atoms with Crippen LogP contribution in [0.15, 0.2) is 36.4 Å². The van der Waals surface area contributed by atoms with Gasteiger partial charge in [-0.1, -0.05) is 0 Å². The van der Waals surface area contributed by atoms with Crippen molar-refractivity contribution in [3.05, 3.63) is 53.3 Å². The van der Waals surface area contributed by atoms with E-state index in [1.54, 1.807) is 6.92 Å². The normalized spacial score (nSPS) is 10.2. The lowest BCUT2D eigenvalue weighted by Gasteiger charge is -2.10. The van der Waals surface area contributed by atoms with Gasteiger partial charge >= 0.3 is 5.97 Å². The van der Waals surface area contributed by atoms with E-state index in [0.717, 1.165) is 0 Å². The van der Waals surface area contributed by atoms with E-state index in [2.05, 4.69) is 0 Å². The van der Waals surface area contributed by atoms with E-state index < -0.39 is 5.97 Å². The molecule has 0 fully saturated rings. The fourth-order valence-corrected chi connectivity index (χ4v) is 1.61. The van der Waals surface area contributed by atoms with Crippen LogP contribution in [0.25, 0.3) is 0 Å². The first kappa shape index (κ1) is 12.9. The van der Waals surface area contributed by atoms with Gasteiger partial charge in [-0.3, -0.25) is 0 Å². The van der Waals surface area contributed by atoms with Gasteiger partial charge in [-0.25, -0.2) is 9.18 Å². The topological polar surface area (TPSA) is 72.5 Å². The second kappa shape index (κ2) is 4.97. The SMILES string of the molecule is Cc1cc(Oc2ccc(N)cc2C(=O)O)ccc1F. The summed E-state index contributed by atoms with van der Waals surface area (Å²) in [6, 6.07) is 8.52. The van der Waals surface area contributed by atoms with E-state index in [1.807, 2.05) is 0 Å². The Morgan fingerprint density at radius 3 is 2.63 bits per heavy atom. The molecule has 0 saturated heterocycles. The molecule has 5 heteroatoms. The molecular formula is C14H12FNO3. The molecule has 0 aromatic heterocycles. The van der Waals surface area contributed by atoms with Crippen LogP contribution < -0.4 is 10.5 Å². The van der Waals surface area contributed by atoms with Gasteiger partial charge in [-0.05, 0) is 48.9 Å². The zero-order valence-electron chi connectivity index (χ0n) is 10.2. The zero-order chi connectivity index (χ0) is 14.0. The van der Waals surface area contributed by atoms with Crippen LogP contribution in [0.1, 0.15) is 15.9 Å². The molecule has 19 heavy (non-hydrogen) atoms. The Balaban J connectivity index is 2.37. The van der Waals surface area contributed by atoms with Crippen molar-refractivity contribution in [2.45, 2.75) is 6.92 Å². The number of nitrogen functional groups attached to an aromatic ring is 1. The molecule has 0 unspecified atom stereocenters. The van der Waals surface area contributed by atoms with E-state index in [1.165, 1.54) is 36.4 Å². The lowest BCUT2D eigenvalue weighted by atomic mass is 10.1. The first-order chi connectivity index (χ1) is 8.97. The second-order valence-electron chi connectivity index (χ2n) is 4.07. The van der Waals surface area contributed by atoms with Gasteiger partial charge < -0.3 is 15.6 Å². The first-order valence-electron chi connectivity index (χ1n) is 5.54. The Kier molecular flexibility index (Phi) is 3.37. The predicted octanol–water partition coefficient (Wildman–Crippen LogP) is 3.21. The van der Waals surface area contributed by atoms with Gasteiger partial charge in [0.05, 0.1) is 0 Å². The predicted molar refractivity (Wildman–Crippen MR) is 69.0 cm³/mol. The Morgan fingerprint density at radius 2 is 2.00 bits per heavy atom. The lowest BCUT2D eigenvalue weighted by Crippen LogP contribution is -2.01. The smallest absolute Gasteiger partial charge is 0.339 e. The fourth-order valence-electron chi connectivity index (χ4n) is 1.61. The highest BCUT2D eigenvalue weighted by atomic mass is 19.1. The number of aryl methyl sites for hydroxylation is 1. The molecule has 0 amide bonds. The van der Waals surface area contributed by atoms with E-state index in [4.69, 9.17) is 15.6 Å². The van der Waals surface area contributed by atoms with E-state index in [0.29, 0.717) is 17.0 Å². The molecular weight excluding hydrogens is 249 g/mol. The second-order valence-corrected chi connectivity index (χ2v) is 4.07. The number of nitrogens with two attached hydrogens (primary N) is 1. The quantitative estimate of drug-likeness (QED) is 0.832. The zero-order valence-corrected chi connectivity index (χ0v) is 10.2. The van der Waals surface area contributed by atoms with E-state index in [-0.39, 0.29) is 17.1 Å². The molecule has 0 aliphatic rings. The number of carboxylic acids is 1. The Hall–Kier alpha value is -2.56. The number of hydrogen-bond donors (Lipinski definition) is 2. The first-order valence-corrected chi connectivity index (χ1v) is 5.54. The molecule has 0 saturated carbocycles. The molecule has 2 aromatic carbocycles. The molecule has 3 N–H and O–H groups in total. The van der Waals surface area contributed by atoms with Gasteiger partial charge in [0.15, 0.2) is 0 Å². The van der Waals surface area contributed by atoms with Crippen LogP contribution in [-0.4, -0.2) is 11.1 Å². The Morgan fingerprint density at radius 1 is 1.26 bits per heavy atom. The summed E-state index contributed by atoms with van der Waals surface area (Å²) in [5.41, 5.74) is 6.25. The van der Waals surface area contributed by atoms with Crippen LogP contribution in [0, 0.1) is 12.7 Å². The summed E-state index contributed by atoms with van der Waals surface area (Å²) in [5, 5.41) is 9.07. The lowest BCUT2D eigenvalue weighted by molar-refractivity contribution is 0.0694. The maximum absolute atomic E-state index is 13.1. The van der Waals surface area contributed by atoms with Crippen LogP contribution in [0.4, 0.5) is 10.1 Å². The van der Waals surface area contributed by atoms with Crippen LogP contribution in [0.3, 0.4) is 0 Å². The van der Waals surface area contributed by atoms with Crippen molar-refractivity contribution >= 4 is 11.7 Å². The fraction of sp³-hybridized carbons (Fsp3) is 0.0714. The van der Waals surface area contributed by atoms with Gasteiger partial charge in [0, 0.05) is 5.69 Å².